The highest BCUT2D eigenvalue weighted by atomic mass is 16.6. The number of nitrogens with one attached hydrogen (secondary N) is 1. The van der Waals surface area contributed by atoms with Gasteiger partial charge in [0.15, 0.2) is 0 Å². The Labute approximate surface area is 169 Å². The SMILES string of the molecule is CN(c1ccccc1)c1ccc(CNCCn2cnnc2C2CC2)cc1[N+](=O)[O-]. The monoisotopic (exact) mass is 392 g/mol. The molecule has 0 bridgehead atoms. The summed E-state index contributed by atoms with van der Waals surface area (Å²) in [5, 5.41) is 23.2. The lowest BCUT2D eigenvalue weighted by Crippen LogP contribution is -2.20. The van der Waals surface area contributed by atoms with E-state index in [1.807, 2.05) is 54.4 Å². The van der Waals surface area contributed by atoms with Crippen LogP contribution in [0.3, 0.4) is 0 Å². The van der Waals surface area contributed by atoms with Gasteiger partial charge in [0, 0.05) is 44.4 Å². The summed E-state index contributed by atoms with van der Waals surface area (Å²) in [5.41, 5.74) is 2.46. The lowest BCUT2D eigenvalue weighted by molar-refractivity contribution is -0.384. The third-order valence-electron chi connectivity index (χ3n) is 5.19. The van der Waals surface area contributed by atoms with Crippen LogP contribution < -0.4 is 10.2 Å². The van der Waals surface area contributed by atoms with Crippen LogP contribution in [0.1, 0.15) is 30.1 Å². The van der Waals surface area contributed by atoms with E-state index in [4.69, 9.17) is 0 Å². The van der Waals surface area contributed by atoms with E-state index in [0.29, 0.717) is 18.2 Å². The Morgan fingerprint density at radius 2 is 2.03 bits per heavy atom. The van der Waals surface area contributed by atoms with Crippen molar-refractivity contribution < 1.29 is 4.92 Å². The maximum atomic E-state index is 11.6. The van der Waals surface area contributed by atoms with E-state index in [1.165, 1.54) is 12.8 Å². The molecule has 0 aliphatic heterocycles. The van der Waals surface area contributed by atoms with Gasteiger partial charge in [0.05, 0.1) is 4.92 Å². The Balaban J connectivity index is 1.40. The molecule has 1 aliphatic carbocycles. The minimum atomic E-state index is -0.322. The first-order chi connectivity index (χ1) is 14.1. The number of hydrogen-bond acceptors (Lipinski definition) is 6. The molecule has 0 amide bonds. The number of para-hydroxylation sites is 1. The van der Waals surface area contributed by atoms with E-state index in [1.54, 1.807) is 12.4 Å². The van der Waals surface area contributed by atoms with E-state index in [0.717, 1.165) is 30.2 Å². The summed E-state index contributed by atoms with van der Waals surface area (Å²) in [6.07, 6.45) is 4.16. The molecule has 8 nitrogen and oxygen atoms in total. The van der Waals surface area contributed by atoms with Crippen molar-refractivity contribution in [1.29, 1.82) is 0 Å². The number of anilines is 2. The zero-order valence-corrected chi connectivity index (χ0v) is 16.4. The molecule has 2 aromatic carbocycles. The molecule has 0 atom stereocenters. The average molecular weight is 392 g/mol. The van der Waals surface area contributed by atoms with Crippen molar-refractivity contribution in [1.82, 2.24) is 20.1 Å². The van der Waals surface area contributed by atoms with Gasteiger partial charge in [0.2, 0.25) is 0 Å². The van der Waals surface area contributed by atoms with Gasteiger partial charge in [0.25, 0.3) is 5.69 Å². The quantitative estimate of drug-likeness (QED) is 0.340. The van der Waals surface area contributed by atoms with Gasteiger partial charge in [-0.1, -0.05) is 24.3 Å². The van der Waals surface area contributed by atoms with Crippen LogP contribution >= 0.6 is 0 Å². The predicted octanol–water partition coefficient (Wildman–Crippen LogP) is 3.62. The lowest BCUT2D eigenvalue weighted by atomic mass is 10.1. The maximum Gasteiger partial charge on any atom is 0.293 e. The normalized spacial score (nSPS) is 13.4. The number of nitro benzene ring substituents is 1. The molecular weight excluding hydrogens is 368 g/mol. The minimum Gasteiger partial charge on any atom is -0.339 e. The molecule has 1 aliphatic rings. The van der Waals surface area contributed by atoms with Gasteiger partial charge in [-0.15, -0.1) is 10.2 Å². The summed E-state index contributed by atoms with van der Waals surface area (Å²) >= 11 is 0. The van der Waals surface area contributed by atoms with Crippen LogP contribution in [0.15, 0.2) is 54.9 Å². The third-order valence-corrected chi connectivity index (χ3v) is 5.19. The first kappa shape index (κ1) is 19.1. The maximum absolute atomic E-state index is 11.6. The smallest absolute Gasteiger partial charge is 0.293 e. The van der Waals surface area contributed by atoms with Gasteiger partial charge >= 0.3 is 0 Å². The third kappa shape index (κ3) is 4.43. The van der Waals surface area contributed by atoms with Crippen LogP contribution in [0.25, 0.3) is 0 Å². The van der Waals surface area contributed by atoms with Gasteiger partial charge in [-0.3, -0.25) is 10.1 Å². The standard InChI is InChI=1S/C21H24N6O2/c1-25(18-5-3-2-4-6-18)19-10-7-16(13-20(19)27(28)29)14-22-11-12-26-15-23-24-21(26)17-8-9-17/h2-7,10,13,15,17,22H,8-9,11-12,14H2,1H3. The second-order valence-electron chi connectivity index (χ2n) is 7.31. The fourth-order valence-corrected chi connectivity index (χ4v) is 3.43. The van der Waals surface area contributed by atoms with Gasteiger partial charge in [-0.25, -0.2) is 0 Å². The number of hydrogen-bond donors (Lipinski definition) is 1. The molecule has 29 heavy (non-hydrogen) atoms. The Morgan fingerprint density at radius 3 is 2.76 bits per heavy atom. The second-order valence-corrected chi connectivity index (χ2v) is 7.31. The van der Waals surface area contributed by atoms with Crippen LogP contribution in [0, 0.1) is 10.1 Å². The zero-order valence-electron chi connectivity index (χ0n) is 16.4. The highest BCUT2D eigenvalue weighted by Crippen LogP contribution is 2.38. The Morgan fingerprint density at radius 1 is 1.24 bits per heavy atom. The summed E-state index contributed by atoms with van der Waals surface area (Å²) < 4.78 is 2.09. The molecule has 0 unspecified atom stereocenters. The fraction of sp³-hybridized carbons (Fsp3) is 0.333. The van der Waals surface area contributed by atoms with Crippen molar-refractivity contribution in [2.45, 2.75) is 31.8 Å². The molecule has 3 aromatic rings. The van der Waals surface area contributed by atoms with Crippen LogP contribution in [0.2, 0.25) is 0 Å². The highest BCUT2D eigenvalue weighted by Gasteiger charge is 2.28. The van der Waals surface area contributed by atoms with Crippen LogP contribution in [0.4, 0.5) is 17.1 Å². The number of aromatic nitrogens is 3. The predicted molar refractivity (Wildman–Crippen MR) is 111 cm³/mol. The fourth-order valence-electron chi connectivity index (χ4n) is 3.43. The van der Waals surface area contributed by atoms with E-state index in [9.17, 15) is 10.1 Å². The number of nitro groups is 1. The number of nitrogens with zero attached hydrogens (tertiary/aromatic N) is 5. The van der Waals surface area contributed by atoms with Crippen molar-refractivity contribution in [2.75, 3.05) is 18.5 Å². The number of benzene rings is 2. The molecule has 150 valence electrons. The van der Waals surface area contributed by atoms with E-state index in [-0.39, 0.29) is 10.6 Å². The molecular formula is C21H24N6O2. The average Bonchev–Trinajstić information content (AvgIpc) is 3.49. The van der Waals surface area contributed by atoms with Gasteiger partial charge in [-0.2, -0.15) is 0 Å². The summed E-state index contributed by atoms with van der Waals surface area (Å²) in [5.74, 6) is 1.63. The van der Waals surface area contributed by atoms with Gasteiger partial charge in [0.1, 0.15) is 17.8 Å². The Kier molecular flexibility index (Phi) is 5.53. The summed E-state index contributed by atoms with van der Waals surface area (Å²) in [6, 6.07) is 15.0. The van der Waals surface area contributed by atoms with E-state index in [2.05, 4.69) is 20.1 Å². The van der Waals surface area contributed by atoms with E-state index >= 15 is 0 Å². The molecule has 0 radical (unpaired) electrons. The van der Waals surface area contributed by atoms with Crippen LogP contribution in [-0.2, 0) is 13.1 Å². The molecule has 1 fully saturated rings. The molecule has 0 spiro atoms. The van der Waals surface area contributed by atoms with Crippen LogP contribution in [-0.4, -0.2) is 33.3 Å². The Hall–Kier alpha value is -3.26. The second kappa shape index (κ2) is 8.40. The molecule has 1 saturated carbocycles. The lowest BCUT2D eigenvalue weighted by Gasteiger charge is -2.19. The topological polar surface area (TPSA) is 89.1 Å². The zero-order chi connectivity index (χ0) is 20.2. The molecule has 4 rings (SSSR count). The van der Waals surface area contributed by atoms with E-state index < -0.39 is 0 Å². The first-order valence-corrected chi connectivity index (χ1v) is 9.78. The molecule has 1 N–H and O–H groups in total. The molecule has 0 saturated heterocycles. The van der Waals surface area contributed by atoms with Crippen molar-refractivity contribution in [3.8, 4) is 0 Å². The summed E-state index contributed by atoms with van der Waals surface area (Å²) in [7, 11) is 1.84. The first-order valence-electron chi connectivity index (χ1n) is 9.78. The largest absolute Gasteiger partial charge is 0.339 e. The van der Waals surface area contributed by atoms with Gasteiger partial charge in [-0.05, 0) is 36.6 Å². The van der Waals surface area contributed by atoms with Crippen LogP contribution in [0.5, 0.6) is 0 Å². The molecule has 1 heterocycles. The molecule has 8 heteroatoms. The summed E-state index contributed by atoms with van der Waals surface area (Å²) in [6.45, 7) is 2.10. The summed E-state index contributed by atoms with van der Waals surface area (Å²) in [4.78, 5) is 13.2. The Bertz CT molecular complexity index is 984. The highest BCUT2D eigenvalue weighted by molar-refractivity contribution is 5.72. The van der Waals surface area contributed by atoms with Crippen molar-refractivity contribution in [2.24, 2.45) is 0 Å². The van der Waals surface area contributed by atoms with Crippen molar-refractivity contribution in [3.05, 3.63) is 76.4 Å². The molecule has 1 aromatic heterocycles. The van der Waals surface area contributed by atoms with Crippen molar-refractivity contribution >= 4 is 17.1 Å². The van der Waals surface area contributed by atoms with Crippen molar-refractivity contribution in [3.63, 3.8) is 0 Å². The number of rotatable bonds is 9. The minimum absolute atomic E-state index is 0.102. The van der Waals surface area contributed by atoms with Gasteiger partial charge < -0.3 is 14.8 Å².